The molecule has 1 unspecified atom stereocenters. The zero-order valence-electron chi connectivity index (χ0n) is 19.3. The first-order valence-electron chi connectivity index (χ1n) is 12.0. The van der Waals surface area contributed by atoms with Crippen molar-refractivity contribution in [3.8, 4) is 5.75 Å². The lowest BCUT2D eigenvalue weighted by molar-refractivity contribution is -0.163. The SMILES string of the molecule is CCOC(=O)[C@]1(Cc2ccccc2)C[C@@H]2CCCC[C@@H]2N1C(=O)C(N)Cc1ccc(O)cc1. The Labute approximate surface area is 195 Å². The fourth-order valence-electron chi connectivity index (χ4n) is 5.75. The van der Waals surface area contributed by atoms with E-state index in [4.69, 9.17) is 10.5 Å². The molecule has 2 aliphatic rings. The van der Waals surface area contributed by atoms with Gasteiger partial charge in [-0.3, -0.25) is 4.79 Å². The van der Waals surface area contributed by atoms with Crippen molar-refractivity contribution in [1.82, 2.24) is 4.90 Å². The van der Waals surface area contributed by atoms with E-state index in [9.17, 15) is 14.7 Å². The maximum absolute atomic E-state index is 13.9. The van der Waals surface area contributed by atoms with E-state index in [1.807, 2.05) is 35.2 Å². The fraction of sp³-hybridized carbons (Fsp3) is 0.481. The van der Waals surface area contributed by atoms with E-state index in [-0.39, 0.29) is 36.2 Å². The number of rotatable bonds is 7. The molecule has 0 aromatic heterocycles. The predicted octanol–water partition coefficient (Wildman–Crippen LogP) is 3.60. The molecule has 6 nitrogen and oxygen atoms in total. The highest BCUT2D eigenvalue weighted by molar-refractivity contribution is 5.92. The quantitative estimate of drug-likeness (QED) is 0.629. The average Bonchev–Trinajstić information content (AvgIpc) is 3.15. The summed E-state index contributed by atoms with van der Waals surface area (Å²) in [4.78, 5) is 29.3. The molecule has 1 aliphatic heterocycles. The minimum absolute atomic E-state index is 0.00485. The lowest BCUT2D eigenvalue weighted by Crippen LogP contribution is -2.61. The molecule has 4 atom stereocenters. The Kier molecular flexibility index (Phi) is 7.03. The van der Waals surface area contributed by atoms with E-state index in [0.29, 0.717) is 19.3 Å². The van der Waals surface area contributed by atoms with Crippen LogP contribution in [-0.4, -0.2) is 46.1 Å². The number of carbonyl (C=O) groups is 2. The van der Waals surface area contributed by atoms with Gasteiger partial charge in [0.05, 0.1) is 12.6 Å². The lowest BCUT2D eigenvalue weighted by Gasteiger charge is -2.41. The van der Waals surface area contributed by atoms with Crippen molar-refractivity contribution in [2.45, 2.75) is 69.5 Å². The van der Waals surface area contributed by atoms with Gasteiger partial charge in [0.15, 0.2) is 0 Å². The smallest absolute Gasteiger partial charge is 0.332 e. The van der Waals surface area contributed by atoms with Crippen LogP contribution in [0.25, 0.3) is 0 Å². The maximum Gasteiger partial charge on any atom is 0.332 e. The molecule has 1 amide bonds. The first kappa shape index (κ1) is 23.3. The summed E-state index contributed by atoms with van der Waals surface area (Å²) in [6, 6.07) is 15.8. The largest absolute Gasteiger partial charge is 0.508 e. The molecule has 4 rings (SSSR count). The van der Waals surface area contributed by atoms with Crippen molar-refractivity contribution in [3.05, 3.63) is 65.7 Å². The van der Waals surface area contributed by atoms with Gasteiger partial charge >= 0.3 is 5.97 Å². The molecule has 176 valence electrons. The molecule has 1 saturated carbocycles. The third-order valence-corrected chi connectivity index (χ3v) is 7.20. The summed E-state index contributed by atoms with van der Waals surface area (Å²) in [5.74, 6) is -0.0704. The van der Waals surface area contributed by atoms with Crippen LogP contribution in [-0.2, 0) is 27.2 Å². The minimum Gasteiger partial charge on any atom is -0.508 e. The molecule has 0 bridgehead atoms. The van der Waals surface area contributed by atoms with Crippen molar-refractivity contribution in [1.29, 1.82) is 0 Å². The highest BCUT2D eigenvalue weighted by Crippen LogP contribution is 2.47. The van der Waals surface area contributed by atoms with Crippen LogP contribution in [0.5, 0.6) is 5.75 Å². The van der Waals surface area contributed by atoms with Crippen LogP contribution in [0.1, 0.15) is 50.2 Å². The van der Waals surface area contributed by atoms with Crippen LogP contribution in [0.15, 0.2) is 54.6 Å². The Morgan fingerprint density at radius 2 is 1.79 bits per heavy atom. The van der Waals surface area contributed by atoms with Crippen LogP contribution < -0.4 is 5.73 Å². The number of esters is 1. The van der Waals surface area contributed by atoms with Gasteiger partial charge in [0.25, 0.3) is 0 Å². The first-order chi connectivity index (χ1) is 15.9. The second-order valence-electron chi connectivity index (χ2n) is 9.42. The zero-order chi connectivity index (χ0) is 23.4. The predicted molar refractivity (Wildman–Crippen MR) is 127 cm³/mol. The summed E-state index contributed by atoms with van der Waals surface area (Å²) >= 11 is 0. The van der Waals surface area contributed by atoms with E-state index < -0.39 is 11.6 Å². The van der Waals surface area contributed by atoms with E-state index >= 15 is 0 Å². The number of aromatic hydroxyl groups is 1. The second kappa shape index (κ2) is 9.96. The Morgan fingerprint density at radius 3 is 2.48 bits per heavy atom. The molecule has 6 heteroatoms. The summed E-state index contributed by atoms with van der Waals surface area (Å²) in [6.45, 7) is 2.07. The normalized spacial score (nSPS) is 25.3. The Balaban J connectivity index is 1.70. The molecule has 1 aliphatic carbocycles. The van der Waals surface area contributed by atoms with Crippen LogP contribution in [0.2, 0.25) is 0 Å². The van der Waals surface area contributed by atoms with Crippen LogP contribution in [0.4, 0.5) is 0 Å². The number of phenols is 1. The van der Waals surface area contributed by atoms with Crippen LogP contribution in [0.3, 0.4) is 0 Å². The molecule has 1 saturated heterocycles. The van der Waals surface area contributed by atoms with Crippen molar-refractivity contribution < 1.29 is 19.4 Å². The number of carbonyl (C=O) groups excluding carboxylic acids is 2. The fourth-order valence-corrected chi connectivity index (χ4v) is 5.75. The highest BCUT2D eigenvalue weighted by Gasteiger charge is 2.59. The third kappa shape index (κ3) is 4.76. The van der Waals surface area contributed by atoms with Crippen molar-refractivity contribution >= 4 is 11.9 Å². The number of nitrogens with zero attached hydrogens (tertiary/aromatic N) is 1. The van der Waals surface area contributed by atoms with Crippen molar-refractivity contribution in [3.63, 3.8) is 0 Å². The van der Waals surface area contributed by atoms with E-state index in [1.165, 1.54) is 0 Å². The number of hydrogen-bond donors (Lipinski definition) is 2. The maximum atomic E-state index is 13.9. The van der Waals surface area contributed by atoms with Gasteiger partial charge in [-0.1, -0.05) is 55.3 Å². The number of nitrogens with two attached hydrogens (primary N) is 1. The van der Waals surface area contributed by atoms with Gasteiger partial charge in [0.2, 0.25) is 5.91 Å². The number of fused-ring (bicyclic) bond motifs is 1. The molecular weight excluding hydrogens is 416 g/mol. The zero-order valence-corrected chi connectivity index (χ0v) is 19.3. The molecule has 2 aromatic carbocycles. The Hall–Kier alpha value is -2.86. The number of amides is 1. The minimum atomic E-state index is -1.04. The van der Waals surface area contributed by atoms with E-state index in [2.05, 4.69) is 0 Å². The molecule has 1 heterocycles. The number of benzene rings is 2. The van der Waals surface area contributed by atoms with E-state index in [1.54, 1.807) is 31.2 Å². The molecule has 2 fully saturated rings. The first-order valence-corrected chi connectivity index (χ1v) is 12.0. The second-order valence-corrected chi connectivity index (χ2v) is 9.42. The Bertz CT molecular complexity index is 962. The number of phenolic OH excluding ortho intramolecular Hbond substituents is 1. The van der Waals surface area contributed by atoms with Crippen molar-refractivity contribution in [2.24, 2.45) is 11.7 Å². The summed E-state index contributed by atoms with van der Waals surface area (Å²) in [7, 11) is 0. The molecule has 3 N–H and O–H groups in total. The van der Waals surface area contributed by atoms with E-state index in [0.717, 1.165) is 36.8 Å². The molecule has 0 radical (unpaired) electrons. The summed E-state index contributed by atoms with van der Waals surface area (Å²) in [5.41, 5.74) is 7.31. The summed E-state index contributed by atoms with van der Waals surface area (Å²) in [6.07, 6.45) is 5.45. The van der Waals surface area contributed by atoms with Crippen LogP contribution in [0, 0.1) is 5.92 Å². The molecule has 33 heavy (non-hydrogen) atoms. The average molecular weight is 451 g/mol. The number of ether oxygens (including phenoxy) is 1. The van der Waals surface area contributed by atoms with Gasteiger partial charge in [-0.15, -0.1) is 0 Å². The van der Waals surface area contributed by atoms with Gasteiger partial charge in [0, 0.05) is 12.5 Å². The summed E-state index contributed by atoms with van der Waals surface area (Å²) < 4.78 is 5.60. The van der Waals surface area contributed by atoms with Gasteiger partial charge < -0.3 is 20.5 Å². The standard InChI is InChI=1S/C27H34N2O4/c1-2-33-26(32)27(17-20-8-4-3-5-9-20)18-21-10-6-7-11-24(21)29(27)25(31)23(28)16-19-12-14-22(30)15-13-19/h3-5,8-9,12-15,21,23-24,30H,2,6-7,10-11,16-18,28H2,1H3/t21-,23?,24-,27-/m0/s1. The number of hydrogen-bond acceptors (Lipinski definition) is 5. The van der Waals surface area contributed by atoms with Gasteiger partial charge in [0.1, 0.15) is 11.3 Å². The molecule has 0 spiro atoms. The van der Waals surface area contributed by atoms with Gasteiger partial charge in [-0.25, -0.2) is 4.79 Å². The monoisotopic (exact) mass is 450 g/mol. The lowest BCUT2D eigenvalue weighted by atomic mass is 9.81. The molecule has 2 aromatic rings. The molecular formula is C27H34N2O4. The third-order valence-electron chi connectivity index (χ3n) is 7.20. The van der Waals surface area contributed by atoms with Gasteiger partial charge in [-0.05, 0) is 61.8 Å². The van der Waals surface area contributed by atoms with Gasteiger partial charge in [-0.2, -0.15) is 0 Å². The number of likely N-dealkylation sites (tertiary alicyclic amines) is 1. The summed E-state index contributed by atoms with van der Waals surface area (Å²) in [5, 5.41) is 9.56. The van der Waals surface area contributed by atoms with Crippen LogP contribution >= 0.6 is 0 Å². The highest BCUT2D eigenvalue weighted by atomic mass is 16.5. The topological polar surface area (TPSA) is 92.9 Å². The van der Waals surface area contributed by atoms with Crippen molar-refractivity contribution in [2.75, 3.05) is 6.61 Å². The Morgan fingerprint density at radius 1 is 1.09 bits per heavy atom.